The Morgan fingerprint density at radius 1 is 1.22 bits per heavy atom. The minimum absolute atomic E-state index is 0.219. The van der Waals surface area contributed by atoms with E-state index in [1.54, 1.807) is 12.1 Å². The van der Waals surface area contributed by atoms with Gasteiger partial charge in [-0.15, -0.1) is 0 Å². The van der Waals surface area contributed by atoms with Crippen molar-refractivity contribution in [3.8, 4) is 0 Å². The second-order valence-electron chi connectivity index (χ2n) is 6.80. The number of hydrogen-bond donors (Lipinski definition) is 1. The summed E-state index contributed by atoms with van der Waals surface area (Å²) in [6.07, 6.45) is 1.88. The summed E-state index contributed by atoms with van der Waals surface area (Å²) >= 11 is 0. The maximum Gasteiger partial charge on any atom is 0.241 e. The number of amides is 1. The molecule has 0 heterocycles. The maximum absolute atomic E-state index is 12.2. The fraction of sp³-hybridized carbons (Fsp3) is 0.588. The van der Waals surface area contributed by atoms with Gasteiger partial charge >= 0.3 is 0 Å². The van der Waals surface area contributed by atoms with Crippen molar-refractivity contribution in [3.05, 3.63) is 29.8 Å². The Morgan fingerprint density at radius 3 is 2.13 bits per heavy atom. The molecule has 6 heteroatoms. The van der Waals surface area contributed by atoms with Crippen molar-refractivity contribution in [1.82, 2.24) is 5.32 Å². The average molecular weight is 340 g/mol. The Balaban J connectivity index is 3.00. The molecule has 0 unspecified atom stereocenters. The van der Waals surface area contributed by atoms with Gasteiger partial charge in [0.1, 0.15) is 6.54 Å². The van der Waals surface area contributed by atoms with E-state index in [1.807, 2.05) is 32.9 Å². The quantitative estimate of drug-likeness (QED) is 0.830. The van der Waals surface area contributed by atoms with E-state index in [4.69, 9.17) is 0 Å². The molecule has 0 aromatic heterocycles. The number of sulfonamides is 1. The van der Waals surface area contributed by atoms with E-state index in [2.05, 4.69) is 19.2 Å². The molecule has 0 aliphatic heterocycles. The van der Waals surface area contributed by atoms with E-state index in [0.717, 1.165) is 22.5 Å². The molecule has 0 radical (unpaired) electrons. The molecule has 1 N–H and O–H groups in total. The summed E-state index contributed by atoms with van der Waals surface area (Å²) in [4.78, 5) is 12.2. The van der Waals surface area contributed by atoms with Gasteiger partial charge < -0.3 is 5.32 Å². The highest BCUT2D eigenvalue weighted by Gasteiger charge is 2.24. The smallest absolute Gasteiger partial charge is 0.241 e. The van der Waals surface area contributed by atoms with Crippen molar-refractivity contribution >= 4 is 21.6 Å². The Bertz CT molecular complexity index is 634. The topological polar surface area (TPSA) is 66.5 Å². The first-order valence-electron chi connectivity index (χ1n) is 7.85. The Morgan fingerprint density at radius 2 is 1.74 bits per heavy atom. The first-order valence-corrected chi connectivity index (χ1v) is 9.70. The molecule has 130 valence electrons. The molecule has 1 aromatic carbocycles. The summed E-state index contributed by atoms with van der Waals surface area (Å²) in [5.41, 5.74) is 1.27. The zero-order valence-corrected chi connectivity index (χ0v) is 15.7. The Hall–Kier alpha value is -1.56. The number of anilines is 1. The zero-order chi connectivity index (χ0) is 17.8. The largest absolute Gasteiger partial charge is 0.350 e. The number of carbonyl (C=O) groups is 1. The van der Waals surface area contributed by atoms with Crippen LogP contribution in [0.4, 0.5) is 5.69 Å². The lowest BCUT2D eigenvalue weighted by Gasteiger charge is -2.27. The summed E-state index contributed by atoms with van der Waals surface area (Å²) < 4.78 is 25.3. The van der Waals surface area contributed by atoms with Crippen LogP contribution in [0.3, 0.4) is 0 Å². The van der Waals surface area contributed by atoms with Crippen LogP contribution in [0.5, 0.6) is 0 Å². The SMILES string of the molecule is CCC(C)(C)NC(=O)CN(c1ccc(C(C)C)cc1)S(C)(=O)=O. The fourth-order valence-electron chi connectivity index (χ4n) is 2.06. The van der Waals surface area contributed by atoms with Crippen molar-refractivity contribution in [1.29, 1.82) is 0 Å². The van der Waals surface area contributed by atoms with Crippen LogP contribution in [0.2, 0.25) is 0 Å². The summed E-state index contributed by atoms with van der Waals surface area (Å²) in [6.45, 7) is 9.72. The molecule has 0 spiro atoms. The van der Waals surface area contributed by atoms with E-state index in [1.165, 1.54) is 0 Å². The lowest BCUT2D eigenvalue weighted by Crippen LogP contribution is -2.48. The molecule has 0 saturated carbocycles. The lowest BCUT2D eigenvalue weighted by atomic mass is 10.0. The number of nitrogens with zero attached hydrogens (tertiary/aromatic N) is 1. The van der Waals surface area contributed by atoms with E-state index < -0.39 is 10.0 Å². The fourth-order valence-corrected chi connectivity index (χ4v) is 2.92. The van der Waals surface area contributed by atoms with Gasteiger partial charge in [-0.25, -0.2) is 8.42 Å². The van der Waals surface area contributed by atoms with Crippen LogP contribution in [0, 0.1) is 0 Å². The van der Waals surface area contributed by atoms with Crippen molar-refractivity contribution in [2.24, 2.45) is 0 Å². The van der Waals surface area contributed by atoms with Gasteiger partial charge in [0.2, 0.25) is 15.9 Å². The molecule has 0 fully saturated rings. The zero-order valence-electron chi connectivity index (χ0n) is 14.9. The average Bonchev–Trinajstić information content (AvgIpc) is 2.43. The minimum atomic E-state index is -3.54. The van der Waals surface area contributed by atoms with Gasteiger partial charge in [0.15, 0.2) is 0 Å². The molecule has 0 aliphatic carbocycles. The summed E-state index contributed by atoms with van der Waals surface area (Å²) in [5, 5.41) is 2.86. The van der Waals surface area contributed by atoms with E-state index >= 15 is 0 Å². The first kappa shape index (κ1) is 19.5. The monoisotopic (exact) mass is 340 g/mol. The molecule has 1 aromatic rings. The minimum Gasteiger partial charge on any atom is -0.350 e. The lowest BCUT2D eigenvalue weighted by molar-refractivity contribution is -0.121. The van der Waals surface area contributed by atoms with Crippen molar-refractivity contribution < 1.29 is 13.2 Å². The summed E-state index contributed by atoms with van der Waals surface area (Å²) in [5.74, 6) is 0.0552. The van der Waals surface area contributed by atoms with Crippen LogP contribution < -0.4 is 9.62 Å². The summed E-state index contributed by atoms with van der Waals surface area (Å²) in [7, 11) is -3.54. The molecule has 0 saturated heterocycles. The molecule has 0 aliphatic rings. The Labute approximate surface area is 140 Å². The highest BCUT2D eigenvalue weighted by molar-refractivity contribution is 7.92. The number of benzene rings is 1. The van der Waals surface area contributed by atoms with Crippen LogP contribution in [-0.2, 0) is 14.8 Å². The van der Waals surface area contributed by atoms with Crippen molar-refractivity contribution in [3.63, 3.8) is 0 Å². The molecule has 5 nitrogen and oxygen atoms in total. The second kappa shape index (κ2) is 7.34. The van der Waals surface area contributed by atoms with Gasteiger partial charge in [0.25, 0.3) is 0 Å². The van der Waals surface area contributed by atoms with E-state index in [-0.39, 0.29) is 18.0 Å². The Kier molecular flexibility index (Phi) is 6.22. The second-order valence-corrected chi connectivity index (χ2v) is 8.71. The van der Waals surface area contributed by atoms with Crippen molar-refractivity contribution in [2.45, 2.75) is 52.5 Å². The number of nitrogens with one attached hydrogen (secondary N) is 1. The van der Waals surface area contributed by atoms with Gasteiger partial charge in [0, 0.05) is 5.54 Å². The third-order valence-electron chi connectivity index (χ3n) is 3.90. The highest BCUT2D eigenvalue weighted by Crippen LogP contribution is 2.22. The number of rotatable bonds is 7. The molecule has 1 rings (SSSR count). The van der Waals surface area contributed by atoms with Crippen LogP contribution in [0.1, 0.15) is 52.5 Å². The van der Waals surface area contributed by atoms with E-state index in [9.17, 15) is 13.2 Å². The molecular formula is C17H28N2O3S. The standard InChI is InChI=1S/C17H28N2O3S/c1-7-17(4,5)18-16(20)12-19(23(6,21)22)15-10-8-14(9-11-15)13(2)3/h8-11,13H,7,12H2,1-6H3,(H,18,20). The molecule has 23 heavy (non-hydrogen) atoms. The van der Waals surface area contributed by atoms with Gasteiger partial charge in [0.05, 0.1) is 11.9 Å². The highest BCUT2D eigenvalue weighted by atomic mass is 32.2. The molecule has 0 atom stereocenters. The molecular weight excluding hydrogens is 312 g/mol. The maximum atomic E-state index is 12.2. The summed E-state index contributed by atoms with van der Waals surface area (Å²) in [6, 6.07) is 7.28. The van der Waals surface area contributed by atoms with Gasteiger partial charge in [-0.2, -0.15) is 0 Å². The number of carbonyl (C=O) groups excluding carboxylic acids is 1. The normalized spacial score (nSPS) is 12.3. The van der Waals surface area contributed by atoms with E-state index in [0.29, 0.717) is 11.6 Å². The number of hydrogen-bond acceptors (Lipinski definition) is 3. The van der Waals surface area contributed by atoms with Crippen LogP contribution >= 0.6 is 0 Å². The van der Waals surface area contributed by atoms with Gasteiger partial charge in [-0.3, -0.25) is 9.10 Å². The third kappa shape index (κ3) is 5.86. The first-order chi connectivity index (χ1) is 10.5. The molecule has 1 amide bonds. The predicted molar refractivity (Wildman–Crippen MR) is 95.2 cm³/mol. The third-order valence-corrected chi connectivity index (χ3v) is 5.04. The van der Waals surface area contributed by atoms with Crippen LogP contribution in [0.15, 0.2) is 24.3 Å². The van der Waals surface area contributed by atoms with Crippen LogP contribution in [-0.4, -0.2) is 32.7 Å². The predicted octanol–water partition coefficient (Wildman–Crippen LogP) is 2.88. The van der Waals surface area contributed by atoms with Crippen LogP contribution in [0.25, 0.3) is 0 Å². The van der Waals surface area contributed by atoms with Crippen molar-refractivity contribution in [2.75, 3.05) is 17.1 Å². The van der Waals surface area contributed by atoms with Gasteiger partial charge in [-0.1, -0.05) is 32.9 Å². The molecule has 0 bridgehead atoms. The van der Waals surface area contributed by atoms with Gasteiger partial charge in [-0.05, 0) is 43.9 Å².